The number of nitrogens with one attached hydrogen (secondary N) is 1. The van der Waals surface area contributed by atoms with Crippen molar-refractivity contribution in [2.24, 2.45) is 0 Å². The van der Waals surface area contributed by atoms with Gasteiger partial charge in [-0.15, -0.1) is 0 Å². The van der Waals surface area contributed by atoms with Crippen molar-refractivity contribution >= 4 is 18.2 Å². The van der Waals surface area contributed by atoms with Crippen LogP contribution in [0.4, 0.5) is 0 Å². The smallest absolute Gasteiger partial charge is 0.342 e. The average Bonchev–Trinajstić information content (AvgIpc) is 2.47. The van der Waals surface area contributed by atoms with Gasteiger partial charge in [0.15, 0.2) is 4.77 Å². The number of hydrogen-bond acceptors (Lipinski definition) is 4. The SMILES string of the molecule is COc1ccc(CCn2c(=S)[nH]cc(C(=O)O)c2=O)cc1. The van der Waals surface area contributed by atoms with Crippen LogP contribution in [0.15, 0.2) is 35.3 Å². The first-order valence-electron chi connectivity index (χ1n) is 6.21. The number of aryl methyl sites for hydroxylation is 1. The van der Waals surface area contributed by atoms with Gasteiger partial charge in [-0.2, -0.15) is 0 Å². The molecule has 0 radical (unpaired) electrons. The number of benzene rings is 1. The number of aromatic nitrogens is 2. The Morgan fingerprint density at radius 2 is 2.05 bits per heavy atom. The molecule has 6 nitrogen and oxygen atoms in total. The molecule has 0 fully saturated rings. The van der Waals surface area contributed by atoms with E-state index in [1.165, 1.54) is 4.57 Å². The van der Waals surface area contributed by atoms with E-state index in [-0.39, 0.29) is 10.3 Å². The molecule has 2 N–H and O–H groups in total. The fourth-order valence-corrected chi connectivity index (χ4v) is 2.13. The molecule has 0 unspecified atom stereocenters. The Kier molecular flexibility index (Phi) is 4.54. The van der Waals surface area contributed by atoms with E-state index >= 15 is 0 Å². The minimum atomic E-state index is -1.27. The molecular formula is C14H14N2O4S. The van der Waals surface area contributed by atoms with Gasteiger partial charge in [-0.3, -0.25) is 9.36 Å². The number of rotatable bonds is 5. The van der Waals surface area contributed by atoms with Gasteiger partial charge in [-0.25, -0.2) is 4.79 Å². The number of aromatic amines is 1. The van der Waals surface area contributed by atoms with Crippen LogP contribution in [-0.4, -0.2) is 27.7 Å². The monoisotopic (exact) mass is 306 g/mol. The van der Waals surface area contributed by atoms with Gasteiger partial charge >= 0.3 is 5.97 Å². The molecule has 0 aliphatic carbocycles. The Morgan fingerprint density at radius 1 is 1.38 bits per heavy atom. The van der Waals surface area contributed by atoms with Gasteiger partial charge in [-0.05, 0) is 36.3 Å². The number of methoxy groups -OCH3 is 1. The summed E-state index contributed by atoms with van der Waals surface area (Å²) in [5.41, 5.74) is 0.0796. The number of ether oxygens (including phenoxy) is 1. The lowest BCUT2D eigenvalue weighted by atomic mass is 10.1. The molecule has 0 saturated heterocycles. The van der Waals surface area contributed by atoms with E-state index in [4.69, 9.17) is 22.1 Å². The second-order valence-electron chi connectivity index (χ2n) is 4.37. The largest absolute Gasteiger partial charge is 0.497 e. The maximum absolute atomic E-state index is 12.0. The Morgan fingerprint density at radius 3 is 2.62 bits per heavy atom. The molecule has 0 saturated carbocycles. The van der Waals surface area contributed by atoms with Gasteiger partial charge in [0, 0.05) is 12.7 Å². The van der Waals surface area contributed by atoms with Crippen LogP contribution in [0.5, 0.6) is 5.75 Å². The third kappa shape index (κ3) is 3.38. The Bertz CT molecular complexity index is 762. The van der Waals surface area contributed by atoms with Gasteiger partial charge in [0.2, 0.25) is 0 Å². The Labute approximate surface area is 125 Å². The summed E-state index contributed by atoms with van der Waals surface area (Å²) in [6, 6.07) is 7.42. The molecule has 21 heavy (non-hydrogen) atoms. The molecule has 0 aliphatic rings. The summed E-state index contributed by atoms with van der Waals surface area (Å²) in [5, 5.41) is 8.94. The van der Waals surface area contributed by atoms with Crippen LogP contribution in [0.1, 0.15) is 15.9 Å². The number of carboxylic acids is 1. The molecule has 1 aromatic carbocycles. The van der Waals surface area contributed by atoms with Crippen LogP contribution >= 0.6 is 12.2 Å². The van der Waals surface area contributed by atoms with Crippen molar-refractivity contribution in [2.45, 2.75) is 13.0 Å². The van der Waals surface area contributed by atoms with E-state index in [0.717, 1.165) is 17.5 Å². The first kappa shape index (κ1) is 15.0. The molecular weight excluding hydrogens is 292 g/mol. The van der Waals surface area contributed by atoms with Crippen LogP contribution < -0.4 is 10.3 Å². The summed E-state index contributed by atoms with van der Waals surface area (Å²) in [6.45, 7) is 0.307. The van der Waals surface area contributed by atoms with Gasteiger partial charge in [-0.1, -0.05) is 12.1 Å². The third-order valence-electron chi connectivity index (χ3n) is 3.07. The fraction of sp³-hybridized carbons (Fsp3) is 0.214. The van der Waals surface area contributed by atoms with E-state index in [1.807, 2.05) is 24.3 Å². The van der Waals surface area contributed by atoms with Crippen molar-refractivity contribution in [3.05, 3.63) is 56.7 Å². The Balaban J connectivity index is 2.23. The standard InChI is InChI=1S/C14H14N2O4S/c1-20-10-4-2-9(3-5-10)6-7-16-12(17)11(13(18)19)8-15-14(16)21/h2-5,8H,6-7H2,1H3,(H,15,21)(H,18,19). The van der Waals surface area contributed by atoms with Gasteiger partial charge < -0.3 is 14.8 Å². The van der Waals surface area contributed by atoms with E-state index in [2.05, 4.69) is 4.98 Å². The first-order valence-corrected chi connectivity index (χ1v) is 6.62. The quantitative estimate of drug-likeness (QED) is 0.824. The van der Waals surface area contributed by atoms with E-state index in [1.54, 1.807) is 7.11 Å². The molecule has 0 spiro atoms. The third-order valence-corrected chi connectivity index (χ3v) is 3.41. The number of aromatic carboxylic acids is 1. The molecule has 2 aromatic rings. The van der Waals surface area contributed by atoms with Gasteiger partial charge in [0.25, 0.3) is 5.56 Å². The van der Waals surface area contributed by atoms with Gasteiger partial charge in [0.1, 0.15) is 11.3 Å². The normalized spacial score (nSPS) is 10.3. The summed E-state index contributed by atoms with van der Waals surface area (Å²) < 4.78 is 6.53. The number of nitrogens with zero attached hydrogens (tertiary/aromatic N) is 1. The Hall–Kier alpha value is -2.41. The van der Waals surface area contributed by atoms with Crippen molar-refractivity contribution in [3.63, 3.8) is 0 Å². The number of H-pyrrole nitrogens is 1. The first-order chi connectivity index (χ1) is 10.0. The van der Waals surface area contributed by atoms with Crippen molar-refractivity contribution in [1.29, 1.82) is 0 Å². The number of carboxylic acid groups (broad SMARTS) is 1. The predicted octanol–water partition coefficient (Wildman–Crippen LogP) is 1.86. The van der Waals surface area contributed by atoms with Crippen molar-refractivity contribution in [3.8, 4) is 5.75 Å². The predicted molar refractivity (Wildman–Crippen MR) is 79.5 cm³/mol. The highest BCUT2D eigenvalue weighted by molar-refractivity contribution is 7.71. The van der Waals surface area contributed by atoms with Crippen molar-refractivity contribution in [2.75, 3.05) is 7.11 Å². The molecule has 0 atom stereocenters. The zero-order valence-corrected chi connectivity index (χ0v) is 12.1. The second-order valence-corrected chi connectivity index (χ2v) is 4.75. The highest BCUT2D eigenvalue weighted by Crippen LogP contribution is 2.12. The lowest BCUT2D eigenvalue weighted by Gasteiger charge is -2.07. The molecule has 0 aliphatic heterocycles. The minimum Gasteiger partial charge on any atom is -0.497 e. The summed E-state index contributed by atoms with van der Waals surface area (Å²) in [7, 11) is 1.59. The molecule has 0 amide bonds. The summed E-state index contributed by atoms with van der Waals surface area (Å²) in [4.78, 5) is 25.6. The number of hydrogen-bond donors (Lipinski definition) is 2. The van der Waals surface area contributed by atoms with Crippen LogP contribution in [0.25, 0.3) is 0 Å². The molecule has 0 bridgehead atoms. The van der Waals surface area contributed by atoms with Gasteiger partial charge in [0.05, 0.1) is 7.11 Å². The molecule has 1 aromatic heterocycles. The zero-order chi connectivity index (χ0) is 15.4. The van der Waals surface area contributed by atoms with E-state index < -0.39 is 11.5 Å². The van der Waals surface area contributed by atoms with Crippen LogP contribution in [0.2, 0.25) is 0 Å². The molecule has 2 rings (SSSR count). The maximum atomic E-state index is 12.0. The zero-order valence-electron chi connectivity index (χ0n) is 11.3. The number of carbonyl (C=O) groups is 1. The lowest BCUT2D eigenvalue weighted by Crippen LogP contribution is -2.28. The van der Waals surface area contributed by atoms with Crippen molar-refractivity contribution < 1.29 is 14.6 Å². The van der Waals surface area contributed by atoms with Crippen LogP contribution in [0.3, 0.4) is 0 Å². The minimum absolute atomic E-state index is 0.207. The highest BCUT2D eigenvalue weighted by atomic mass is 32.1. The van der Waals surface area contributed by atoms with E-state index in [9.17, 15) is 9.59 Å². The lowest BCUT2D eigenvalue weighted by molar-refractivity contribution is 0.0693. The topological polar surface area (TPSA) is 84.3 Å². The summed E-state index contributed by atoms with van der Waals surface area (Å²) >= 11 is 5.04. The van der Waals surface area contributed by atoms with Crippen LogP contribution in [0, 0.1) is 4.77 Å². The second kappa shape index (κ2) is 6.36. The maximum Gasteiger partial charge on any atom is 0.342 e. The summed E-state index contributed by atoms with van der Waals surface area (Å²) in [5.74, 6) is -0.523. The van der Waals surface area contributed by atoms with E-state index in [0.29, 0.717) is 13.0 Å². The van der Waals surface area contributed by atoms with Crippen molar-refractivity contribution in [1.82, 2.24) is 9.55 Å². The molecule has 1 heterocycles. The summed E-state index contributed by atoms with van der Waals surface area (Å²) in [6.07, 6.45) is 1.68. The molecule has 110 valence electrons. The molecule has 7 heteroatoms. The average molecular weight is 306 g/mol. The highest BCUT2D eigenvalue weighted by Gasteiger charge is 2.11. The van der Waals surface area contributed by atoms with Crippen LogP contribution in [-0.2, 0) is 13.0 Å². The fourth-order valence-electron chi connectivity index (χ4n) is 1.90.